The summed E-state index contributed by atoms with van der Waals surface area (Å²) in [6.45, 7) is 5.05. The molecule has 0 bridgehead atoms. The van der Waals surface area contributed by atoms with Gasteiger partial charge in [-0.3, -0.25) is 0 Å². The third-order valence-electron chi connectivity index (χ3n) is 4.66. The topological polar surface area (TPSA) is 53.1 Å². The maximum Gasteiger partial charge on any atom is 0.232 e. The highest BCUT2D eigenvalue weighted by molar-refractivity contribution is 7.80. The lowest BCUT2D eigenvalue weighted by atomic mass is 10.0. The van der Waals surface area contributed by atoms with Crippen LogP contribution in [0, 0.1) is 5.92 Å². The zero-order valence-corrected chi connectivity index (χ0v) is 17.2. The largest absolute Gasteiger partial charge is 0.362 e. The Balaban J connectivity index is 1.50. The van der Waals surface area contributed by atoms with Crippen LogP contribution in [-0.2, 0) is 6.42 Å². The number of rotatable bonds is 6. The van der Waals surface area contributed by atoms with Crippen molar-refractivity contribution >= 4 is 40.7 Å². The van der Waals surface area contributed by atoms with Gasteiger partial charge in [0.2, 0.25) is 5.95 Å². The number of thiocarbonyl (C=S) groups is 1. The molecule has 3 rings (SSSR count). The maximum atomic E-state index is 6.20. The lowest BCUT2D eigenvalue weighted by molar-refractivity contribution is 0.444. The predicted octanol–water partition coefficient (Wildman–Crippen LogP) is 4.29. The third-order valence-corrected chi connectivity index (χ3v) is 5.10. The van der Waals surface area contributed by atoms with Crippen molar-refractivity contribution in [2.24, 2.45) is 5.92 Å². The summed E-state index contributed by atoms with van der Waals surface area (Å²) in [4.78, 5) is 11.1. The van der Waals surface area contributed by atoms with Crippen LogP contribution in [-0.4, -0.2) is 34.7 Å². The van der Waals surface area contributed by atoms with E-state index in [0.29, 0.717) is 22.1 Å². The highest BCUT2D eigenvalue weighted by atomic mass is 35.5. The molecular weight excluding hydrogens is 378 g/mol. The van der Waals surface area contributed by atoms with Crippen LogP contribution in [0.2, 0.25) is 5.15 Å². The number of hydrogen-bond donors (Lipinski definition) is 2. The average Bonchev–Trinajstić information content (AvgIpc) is 2.66. The van der Waals surface area contributed by atoms with E-state index >= 15 is 0 Å². The number of piperidine rings is 1. The first-order chi connectivity index (χ1) is 13.1. The van der Waals surface area contributed by atoms with E-state index in [2.05, 4.69) is 56.7 Å². The summed E-state index contributed by atoms with van der Waals surface area (Å²) in [7, 11) is 0. The average molecular weight is 404 g/mol. The number of aryl methyl sites for hydroxylation is 1. The van der Waals surface area contributed by atoms with Crippen LogP contribution in [0.4, 0.5) is 11.8 Å². The molecule has 2 heterocycles. The SMILES string of the molecule is C[C@H]1CCCN(c2cc(Cl)nc(NC(=S)NCCCc3ccccc3)n2)C1. The Morgan fingerprint density at radius 3 is 2.89 bits per heavy atom. The first kappa shape index (κ1) is 19.8. The van der Waals surface area contributed by atoms with Gasteiger partial charge in [-0.05, 0) is 49.4 Å². The molecule has 27 heavy (non-hydrogen) atoms. The quantitative estimate of drug-likeness (QED) is 0.426. The summed E-state index contributed by atoms with van der Waals surface area (Å²) in [6.07, 6.45) is 4.45. The molecule has 1 saturated heterocycles. The van der Waals surface area contributed by atoms with E-state index < -0.39 is 0 Å². The molecule has 5 nitrogen and oxygen atoms in total. The minimum atomic E-state index is 0.424. The van der Waals surface area contributed by atoms with E-state index in [9.17, 15) is 0 Å². The van der Waals surface area contributed by atoms with Crippen LogP contribution >= 0.6 is 23.8 Å². The van der Waals surface area contributed by atoms with Crippen LogP contribution < -0.4 is 15.5 Å². The number of hydrogen-bond acceptors (Lipinski definition) is 4. The molecule has 0 amide bonds. The molecule has 1 aliphatic rings. The van der Waals surface area contributed by atoms with Gasteiger partial charge in [0, 0.05) is 25.7 Å². The van der Waals surface area contributed by atoms with E-state index in [1.807, 2.05) is 12.1 Å². The minimum absolute atomic E-state index is 0.424. The Kier molecular flexibility index (Phi) is 7.24. The minimum Gasteiger partial charge on any atom is -0.362 e. The fraction of sp³-hybridized carbons (Fsp3) is 0.450. The summed E-state index contributed by atoms with van der Waals surface area (Å²) < 4.78 is 0. The van der Waals surface area contributed by atoms with Crippen molar-refractivity contribution in [2.75, 3.05) is 29.9 Å². The second kappa shape index (κ2) is 9.85. The molecule has 0 spiro atoms. The van der Waals surface area contributed by atoms with Crippen LogP contribution in [0.3, 0.4) is 0 Å². The van der Waals surface area contributed by atoms with Gasteiger partial charge < -0.3 is 15.5 Å². The van der Waals surface area contributed by atoms with Crippen molar-refractivity contribution in [2.45, 2.75) is 32.6 Å². The van der Waals surface area contributed by atoms with Gasteiger partial charge in [0.15, 0.2) is 5.11 Å². The summed E-state index contributed by atoms with van der Waals surface area (Å²) in [5.41, 5.74) is 1.33. The Hall–Kier alpha value is -1.92. The molecule has 0 radical (unpaired) electrons. The smallest absolute Gasteiger partial charge is 0.232 e. The number of aromatic nitrogens is 2. The molecule has 144 valence electrons. The second-order valence-corrected chi connectivity index (χ2v) is 7.83. The zero-order valence-electron chi connectivity index (χ0n) is 15.6. The van der Waals surface area contributed by atoms with Crippen molar-refractivity contribution in [3.8, 4) is 0 Å². The summed E-state index contributed by atoms with van der Waals surface area (Å²) in [5.74, 6) is 1.96. The molecule has 1 fully saturated rings. The lowest BCUT2D eigenvalue weighted by Gasteiger charge is -2.32. The van der Waals surface area contributed by atoms with Crippen molar-refractivity contribution in [1.82, 2.24) is 15.3 Å². The zero-order chi connectivity index (χ0) is 19.1. The summed E-state index contributed by atoms with van der Waals surface area (Å²) in [6, 6.07) is 12.3. The van der Waals surface area contributed by atoms with Gasteiger partial charge in [-0.15, -0.1) is 0 Å². The highest BCUT2D eigenvalue weighted by Gasteiger charge is 2.19. The van der Waals surface area contributed by atoms with Gasteiger partial charge in [0.1, 0.15) is 11.0 Å². The summed E-state index contributed by atoms with van der Waals surface area (Å²) >= 11 is 11.6. The Morgan fingerprint density at radius 1 is 1.30 bits per heavy atom. The van der Waals surface area contributed by atoms with Gasteiger partial charge in [-0.25, -0.2) is 4.98 Å². The first-order valence-electron chi connectivity index (χ1n) is 9.48. The van der Waals surface area contributed by atoms with Crippen molar-refractivity contribution in [3.63, 3.8) is 0 Å². The normalized spacial score (nSPS) is 16.8. The predicted molar refractivity (Wildman–Crippen MR) is 117 cm³/mol. The third kappa shape index (κ3) is 6.33. The fourth-order valence-electron chi connectivity index (χ4n) is 3.31. The van der Waals surface area contributed by atoms with Crippen LogP contribution in [0.1, 0.15) is 31.7 Å². The molecule has 1 aromatic heterocycles. The van der Waals surface area contributed by atoms with Crippen LogP contribution in [0.5, 0.6) is 0 Å². The molecular formula is C20H26ClN5S. The second-order valence-electron chi connectivity index (χ2n) is 7.04. The molecule has 0 aliphatic carbocycles. The van der Waals surface area contributed by atoms with Crippen LogP contribution in [0.25, 0.3) is 0 Å². The van der Waals surface area contributed by atoms with Gasteiger partial charge >= 0.3 is 0 Å². The van der Waals surface area contributed by atoms with Crippen LogP contribution in [0.15, 0.2) is 36.4 Å². The summed E-state index contributed by atoms with van der Waals surface area (Å²) in [5, 5.41) is 7.21. The van der Waals surface area contributed by atoms with E-state index in [1.54, 1.807) is 0 Å². The number of benzene rings is 1. The Labute approximate surface area is 171 Å². The number of anilines is 2. The maximum absolute atomic E-state index is 6.20. The molecule has 0 unspecified atom stereocenters. The standard InChI is InChI=1S/C20H26ClN5S/c1-15-7-6-12-26(14-15)18-13-17(21)23-19(24-18)25-20(27)22-11-5-10-16-8-3-2-4-9-16/h2-4,8-9,13,15H,5-7,10-12,14H2,1H3,(H2,22,23,24,25,27)/t15-/m0/s1. The van der Waals surface area contributed by atoms with E-state index in [-0.39, 0.29) is 0 Å². The molecule has 1 aliphatic heterocycles. The Bertz CT molecular complexity index is 755. The van der Waals surface area contributed by atoms with Crippen molar-refractivity contribution in [3.05, 3.63) is 47.1 Å². The van der Waals surface area contributed by atoms with E-state index in [4.69, 9.17) is 23.8 Å². The van der Waals surface area contributed by atoms with Gasteiger partial charge in [-0.2, -0.15) is 4.98 Å². The van der Waals surface area contributed by atoms with Gasteiger partial charge in [0.25, 0.3) is 0 Å². The molecule has 1 atom stereocenters. The van der Waals surface area contributed by atoms with Crippen molar-refractivity contribution in [1.29, 1.82) is 0 Å². The van der Waals surface area contributed by atoms with Gasteiger partial charge in [0.05, 0.1) is 0 Å². The highest BCUT2D eigenvalue weighted by Crippen LogP contribution is 2.24. The van der Waals surface area contributed by atoms with E-state index in [0.717, 1.165) is 38.3 Å². The molecule has 7 heteroatoms. The Morgan fingerprint density at radius 2 is 2.11 bits per heavy atom. The number of nitrogens with one attached hydrogen (secondary N) is 2. The first-order valence-corrected chi connectivity index (χ1v) is 10.3. The monoisotopic (exact) mass is 403 g/mol. The van der Waals surface area contributed by atoms with Gasteiger partial charge in [-0.1, -0.05) is 48.9 Å². The molecule has 2 N–H and O–H groups in total. The number of halogens is 1. The molecule has 1 aromatic carbocycles. The fourth-order valence-corrected chi connectivity index (χ4v) is 3.68. The number of nitrogens with zero attached hydrogens (tertiary/aromatic N) is 3. The molecule has 2 aromatic rings. The van der Waals surface area contributed by atoms with E-state index in [1.165, 1.54) is 18.4 Å². The van der Waals surface area contributed by atoms with Crippen molar-refractivity contribution < 1.29 is 0 Å². The molecule has 0 saturated carbocycles. The lowest BCUT2D eigenvalue weighted by Crippen LogP contribution is -2.35.